The fourth-order valence-corrected chi connectivity index (χ4v) is 3.29. The maximum absolute atomic E-state index is 10.5. The Morgan fingerprint density at radius 3 is 3.00 bits per heavy atom. The van der Waals surface area contributed by atoms with Crippen molar-refractivity contribution in [2.75, 3.05) is 0 Å². The predicted octanol–water partition coefficient (Wildman–Crippen LogP) is 3.71. The Morgan fingerprint density at radius 2 is 2.29 bits per heavy atom. The van der Waals surface area contributed by atoms with Crippen molar-refractivity contribution < 1.29 is 4.79 Å². The molecule has 0 aliphatic carbocycles. The maximum atomic E-state index is 10.5. The molecule has 0 aliphatic rings. The highest BCUT2D eigenvalue weighted by Gasteiger charge is 2.08. The van der Waals surface area contributed by atoms with E-state index in [1.807, 2.05) is 12.1 Å². The van der Waals surface area contributed by atoms with Gasteiger partial charge in [-0.15, -0.1) is 11.3 Å². The molecule has 1 heterocycles. The van der Waals surface area contributed by atoms with Crippen molar-refractivity contribution >= 4 is 43.6 Å². The highest BCUT2D eigenvalue weighted by molar-refractivity contribution is 9.10. The summed E-state index contributed by atoms with van der Waals surface area (Å²) in [5.74, 6) is 0. The van der Waals surface area contributed by atoms with Gasteiger partial charge in [-0.2, -0.15) is 0 Å². The van der Waals surface area contributed by atoms with Gasteiger partial charge in [-0.25, -0.2) is 0 Å². The maximum Gasteiger partial charge on any atom is 0.124 e. The first kappa shape index (κ1) is 9.87. The smallest absolute Gasteiger partial charge is 0.124 e. The summed E-state index contributed by atoms with van der Waals surface area (Å²) in [5.41, 5.74) is 1.12. The summed E-state index contributed by atoms with van der Waals surface area (Å²) in [5, 5.41) is 1.21. The minimum atomic E-state index is 0.504. The Kier molecular flexibility index (Phi) is 2.70. The fourth-order valence-electron chi connectivity index (χ4n) is 1.52. The number of aldehydes is 1. The highest BCUT2D eigenvalue weighted by atomic mass is 79.9. The van der Waals surface area contributed by atoms with Crippen LogP contribution in [0, 0.1) is 6.92 Å². The molecule has 3 heteroatoms. The first-order valence-corrected chi connectivity index (χ1v) is 5.95. The summed E-state index contributed by atoms with van der Waals surface area (Å²) in [6.45, 7) is 2.08. The van der Waals surface area contributed by atoms with Gasteiger partial charge in [0.25, 0.3) is 0 Å². The van der Waals surface area contributed by atoms with Crippen molar-refractivity contribution in [1.82, 2.24) is 0 Å². The van der Waals surface area contributed by atoms with Gasteiger partial charge in [-0.05, 0) is 28.4 Å². The van der Waals surface area contributed by atoms with Crippen LogP contribution in [-0.4, -0.2) is 6.29 Å². The van der Waals surface area contributed by atoms with Gasteiger partial charge in [0.05, 0.1) is 0 Å². The van der Waals surface area contributed by atoms with Crippen LogP contribution in [0.3, 0.4) is 0 Å². The molecule has 0 unspecified atom stereocenters. The van der Waals surface area contributed by atoms with E-state index >= 15 is 0 Å². The number of rotatable bonds is 2. The summed E-state index contributed by atoms with van der Waals surface area (Å²) in [4.78, 5) is 11.8. The zero-order valence-electron chi connectivity index (χ0n) is 7.71. The average molecular weight is 269 g/mol. The number of hydrogen-bond acceptors (Lipinski definition) is 2. The van der Waals surface area contributed by atoms with Gasteiger partial charge >= 0.3 is 0 Å². The van der Waals surface area contributed by atoms with Crippen molar-refractivity contribution in [1.29, 1.82) is 0 Å². The molecule has 2 aromatic rings. The van der Waals surface area contributed by atoms with Crippen LogP contribution in [0.15, 0.2) is 22.7 Å². The topological polar surface area (TPSA) is 17.1 Å². The van der Waals surface area contributed by atoms with Gasteiger partial charge < -0.3 is 4.79 Å². The van der Waals surface area contributed by atoms with Crippen LogP contribution in [0.25, 0.3) is 10.1 Å². The molecule has 0 aliphatic heterocycles. The first-order valence-electron chi connectivity index (χ1n) is 4.34. The van der Waals surface area contributed by atoms with E-state index in [2.05, 4.69) is 28.9 Å². The van der Waals surface area contributed by atoms with Crippen LogP contribution in [0.1, 0.15) is 10.4 Å². The zero-order chi connectivity index (χ0) is 10.1. The Hall–Kier alpha value is -0.670. The number of thiophene rings is 1. The number of halogens is 1. The number of carbonyl (C=O) groups is 1. The van der Waals surface area contributed by atoms with Gasteiger partial charge in [0.1, 0.15) is 6.29 Å². The summed E-state index contributed by atoms with van der Waals surface area (Å²) in [7, 11) is 0. The molecular weight excluding hydrogens is 260 g/mol. The Bertz CT molecular complexity index is 487. The van der Waals surface area contributed by atoms with Gasteiger partial charge in [0.15, 0.2) is 0 Å². The molecular formula is C11H9BrOS. The van der Waals surface area contributed by atoms with E-state index in [0.29, 0.717) is 6.42 Å². The molecule has 14 heavy (non-hydrogen) atoms. The third-order valence-corrected chi connectivity index (χ3v) is 4.68. The van der Waals surface area contributed by atoms with Crippen molar-refractivity contribution in [3.05, 3.63) is 33.1 Å². The average Bonchev–Trinajstić information content (AvgIpc) is 2.46. The first-order chi connectivity index (χ1) is 6.74. The van der Waals surface area contributed by atoms with E-state index in [0.717, 1.165) is 16.3 Å². The van der Waals surface area contributed by atoms with E-state index in [-0.39, 0.29) is 0 Å². The lowest BCUT2D eigenvalue weighted by molar-refractivity contribution is -0.107. The van der Waals surface area contributed by atoms with Gasteiger partial charge in [0.2, 0.25) is 0 Å². The molecule has 0 bridgehead atoms. The normalized spacial score (nSPS) is 10.7. The zero-order valence-corrected chi connectivity index (χ0v) is 10.1. The summed E-state index contributed by atoms with van der Waals surface area (Å²) in [6, 6.07) is 6.09. The van der Waals surface area contributed by atoms with Gasteiger partial charge in [0, 0.05) is 25.9 Å². The molecule has 0 atom stereocenters. The van der Waals surface area contributed by atoms with Gasteiger partial charge in [-0.3, -0.25) is 0 Å². The quantitative estimate of drug-likeness (QED) is 0.759. The Balaban J connectivity index is 2.74. The number of benzene rings is 1. The minimum Gasteiger partial charge on any atom is -0.303 e. The molecule has 1 nitrogen and oxygen atoms in total. The number of hydrogen-bond donors (Lipinski definition) is 0. The standard InChI is InChI=1S/C11H9BrOS/c1-7-10(12)9-4-2-3-8(5-6-13)11(9)14-7/h2-4,6H,5H2,1H3. The fraction of sp³-hybridized carbons (Fsp3) is 0.182. The van der Waals surface area contributed by atoms with E-state index in [9.17, 15) is 4.79 Å². The monoisotopic (exact) mass is 268 g/mol. The minimum absolute atomic E-state index is 0.504. The van der Waals surface area contributed by atoms with Crippen molar-refractivity contribution in [3.63, 3.8) is 0 Å². The molecule has 0 spiro atoms. The number of aryl methyl sites for hydroxylation is 1. The lowest BCUT2D eigenvalue weighted by Gasteiger charge is -1.96. The lowest BCUT2D eigenvalue weighted by Crippen LogP contribution is -1.84. The lowest BCUT2D eigenvalue weighted by atomic mass is 10.1. The molecule has 1 aromatic heterocycles. The Morgan fingerprint density at radius 1 is 1.50 bits per heavy atom. The van der Waals surface area contributed by atoms with Crippen LogP contribution in [-0.2, 0) is 11.2 Å². The third kappa shape index (κ3) is 1.51. The molecule has 2 rings (SSSR count). The number of fused-ring (bicyclic) bond motifs is 1. The molecule has 0 saturated carbocycles. The summed E-state index contributed by atoms with van der Waals surface area (Å²) < 4.78 is 2.38. The van der Waals surface area contributed by atoms with Gasteiger partial charge in [-0.1, -0.05) is 18.2 Å². The third-order valence-electron chi connectivity index (χ3n) is 2.20. The van der Waals surface area contributed by atoms with E-state index in [1.54, 1.807) is 11.3 Å². The second-order valence-corrected chi connectivity index (χ2v) is 5.15. The molecule has 0 amide bonds. The largest absolute Gasteiger partial charge is 0.303 e. The predicted molar refractivity (Wildman–Crippen MR) is 64.0 cm³/mol. The van der Waals surface area contributed by atoms with E-state index in [4.69, 9.17) is 0 Å². The second-order valence-electron chi connectivity index (χ2n) is 3.14. The molecule has 0 radical (unpaired) electrons. The molecule has 1 aromatic carbocycles. The van der Waals surface area contributed by atoms with Crippen LogP contribution < -0.4 is 0 Å². The summed E-state index contributed by atoms with van der Waals surface area (Å²) in [6.07, 6.45) is 1.46. The van der Waals surface area contributed by atoms with Crippen molar-refractivity contribution in [2.45, 2.75) is 13.3 Å². The van der Waals surface area contributed by atoms with Crippen molar-refractivity contribution in [3.8, 4) is 0 Å². The van der Waals surface area contributed by atoms with E-state index in [1.165, 1.54) is 15.0 Å². The van der Waals surface area contributed by atoms with Crippen LogP contribution in [0.5, 0.6) is 0 Å². The second kappa shape index (κ2) is 3.83. The molecule has 72 valence electrons. The van der Waals surface area contributed by atoms with E-state index < -0.39 is 0 Å². The highest BCUT2D eigenvalue weighted by Crippen LogP contribution is 2.36. The Labute approximate surface area is 94.9 Å². The van der Waals surface area contributed by atoms with Crippen LogP contribution in [0.4, 0.5) is 0 Å². The van der Waals surface area contributed by atoms with Crippen LogP contribution in [0.2, 0.25) is 0 Å². The molecule has 0 N–H and O–H groups in total. The SMILES string of the molecule is Cc1sc2c(CC=O)cccc2c1Br. The van der Waals surface area contributed by atoms with Crippen molar-refractivity contribution in [2.24, 2.45) is 0 Å². The molecule has 0 fully saturated rings. The number of carbonyl (C=O) groups excluding carboxylic acids is 1. The molecule has 0 saturated heterocycles. The summed E-state index contributed by atoms with van der Waals surface area (Å²) >= 11 is 5.30. The van der Waals surface area contributed by atoms with Crippen LogP contribution >= 0.6 is 27.3 Å².